The summed E-state index contributed by atoms with van der Waals surface area (Å²) in [4.78, 5) is 9.08. The predicted molar refractivity (Wildman–Crippen MR) is 121 cm³/mol. The van der Waals surface area contributed by atoms with E-state index in [-0.39, 0.29) is 0 Å². The molecule has 0 aliphatic heterocycles. The molecule has 2 aromatic carbocycles. The number of rotatable bonds is 2. The first-order valence-electron chi connectivity index (χ1n) is 9.48. The van der Waals surface area contributed by atoms with Gasteiger partial charge in [-0.25, -0.2) is 0 Å². The molecule has 0 amide bonds. The number of aromatic nitrogens is 2. The molecule has 0 spiro atoms. The van der Waals surface area contributed by atoms with Gasteiger partial charge in [0, 0.05) is 34.6 Å². The molecule has 0 saturated carbocycles. The molecular weight excluding hydrogens is 435 g/mol. The van der Waals surface area contributed by atoms with Gasteiger partial charge >= 0.3 is 0 Å². The van der Waals surface area contributed by atoms with Gasteiger partial charge in [0.1, 0.15) is 0 Å². The van der Waals surface area contributed by atoms with Crippen LogP contribution in [0.15, 0.2) is 85.2 Å². The third-order valence-corrected chi connectivity index (χ3v) is 9.43. The highest BCUT2D eigenvalue weighted by atomic mass is 35.5. The first-order chi connectivity index (χ1) is 14.6. The van der Waals surface area contributed by atoms with Crippen molar-refractivity contribution in [1.29, 1.82) is 0 Å². The normalized spacial score (nSPS) is 23.9. The van der Waals surface area contributed by atoms with Crippen LogP contribution in [0.2, 0.25) is 0 Å². The summed E-state index contributed by atoms with van der Waals surface area (Å²) < 4.78 is 11.9. The second kappa shape index (κ2) is 6.24. The standard InChI is InChI=1S/C24H14Cl2N2OS/c25-23(17-9-3-1-7-15(17)21-19(23)11-5-13-27-21)30(29)24(26)18-10-4-2-8-16(18)22-20(24)12-6-14-28-22/h1-14H. The second-order valence-corrected chi connectivity index (χ2v) is 10.7. The summed E-state index contributed by atoms with van der Waals surface area (Å²) in [5, 5.41) is 0. The molecule has 0 saturated heterocycles. The number of hydrogen-bond acceptors (Lipinski definition) is 3. The fourth-order valence-electron chi connectivity index (χ4n) is 4.58. The maximum absolute atomic E-state index is 14.5. The zero-order valence-electron chi connectivity index (χ0n) is 15.5. The van der Waals surface area contributed by atoms with Crippen molar-refractivity contribution in [3.63, 3.8) is 0 Å². The number of benzene rings is 2. The first kappa shape index (κ1) is 18.3. The molecule has 2 aliphatic rings. The third-order valence-electron chi connectivity index (χ3n) is 5.88. The van der Waals surface area contributed by atoms with Crippen LogP contribution in [-0.2, 0) is 19.2 Å². The molecule has 2 aliphatic carbocycles. The number of hydrogen-bond donors (Lipinski definition) is 0. The van der Waals surface area contributed by atoms with Crippen LogP contribution in [0.25, 0.3) is 22.5 Å². The van der Waals surface area contributed by atoms with Crippen LogP contribution >= 0.6 is 23.2 Å². The van der Waals surface area contributed by atoms with Gasteiger partial charge in [-0.1, -0.05) is 83.9 Å². The molecule has 146 valence electrons. The smallest absolute Gasteiger partial charge is 0.174 e. The van der Waals surface area contributed by atoms with Crippen LogP contribution < -0.4 is 0 Å². The van der Waals surface area contributed by atoms with Crippen molar-refractivity contribution in [1.82, 2.24) is 9.97 Å². The summed E-state index contributed by atoms with van der Waals surface area (Å²) in [6.07, 6.45) is 3.45. The van der Waals surface area contributed by atoms with Crippen LogP contribution in [0.3, 0.4) is 0 Å². The number of nitrogens with zero attached hydrogens (tertiary/aromatic N) is 2. The Morgan fingerprint density at radius 2 is 1.00 bits per heavy atom. The Morgan fingerprint density at radius 3 is 1.47 bits per heavy atom. The Morgan fingerprint density at radius 1 is 0.600 bits per heavy atom. The van der Waals surface area contributed by atoms with E-state index >= 15 is 0 Å². The van der Waals surface area contributed by atoms with E-state index in [1.54, 1.807) is 12.4 Å². The summed E-state index contributed by atoms with van der Waals surface area (Å²) in [6, 6.07) is 22.8. The summed E-state index contributed by atoms with van der Waals surface area (Å²) in [6.45, 7) is 0. The summed E-state index contributed by atoms with van der Waals surface area (Å²) in [7, 11) is -1.80. The van der Waals surface area contributed by atoms with Crippen molar-refractivity contribution in [3.8, 4) is 22.5 Å². The van der Waals surface area contributed by atoms with Gasteiger partial charge in [-0.2, -0.15) is 0 Å². The lowest BCUT2D eigenvalue weighted by atomic mass is 10.1. The van der Waals surface area contributed by atoms with Gasteiger partial charge in [0.05, 0.1) is 22.2 Å². The maximum atomic E-state index is 14.5. The van der Waals surface area contributed by atoms with Crippen LogP contribution in [0.1, 0.15) is 22.3 Å². The predicted octanol–water partition coefficient (Wildman–Crippen LogP) is 5.77. The number of alkyl halides is 2. The molecule has 2 atom stereocenters. The fraction of sp³-hybridized carbons (Fsp3) is 0.0833. The summed E-state index contributed by atoms with van der Waals surface area (Å²) in [5.41, 5.74) is 6.19. The zero-order valence-corrected chi connectivity index (χ0v) is 17.9. The lowest BCUT2D eigenvalue weighted by Gasteiger charge is -2.33. The van der Waals surface area contributed by atoms with Crippen LogP contribution in [-0.4, -0.2) is 14.2 Å². The molecular formula is C24H14Cl2N2OS. The highest BCUT2D eigenvalue weighted by molar-refractivity contribution is 7.90. The lowest BCUT2D eigenvalue weighted by molar-refractivity contribution is 0.665. The van der Waals surface area contributed by atoms with Crippen molar-refractivity contribution in [3.05, 3.63) is 107 Å². The molecule has 3 nitrogen and oxygen atoms in total. The lowest BCUT2D eigenvalue weighted by Crippen LogP contribution is -2.37. The highest BCUT2D eigenvalue weighted by Crippen LogP contribution is 2.61. The Hall–Kier alpha value is -2.53. The minimum atomic E-state index is -1.80. The largest absolute Gasteiger partial charge is 0.256 e. The molecule has 0 fully saturated rings. The van der Waals surface area contributed by atoms with Crippen molar-refractivity contribution >= 4 is 34.0 Å². The van der Waals surface area contributed by atoms with Crippen LogP contribution in [0, 0.1) is 0 Å². The summed E-state index contributed by atoms with van der Waals surface area (Å²) >= 11 is 14.7. The minimum absolute atomic E-state index is 0.709. The van der Waals surface area contributed by atoms with Gasteiger partial charge in [-0.15, -0.1) is 0 Å². The third kappa shape index (κ3) is 2.09. The topological polar surface area (TPSA) is 42.9 Å². The van der Waals surface area contributed by atoms with E-state index in [0.29, 0.717) is 11.1 Å². The SMILES string of the molecule is O=S(C1(Cl)c2ccccc2-c2ncccc21)C1(Cl)c2ccccc2-c2ncccc21. The average molecular weight is 449 g/mol. The molecule has 4 aromatic rings. The van der Waals surface area contributed by atoms with E-state index < -0.39 is 19.2 Å². The van der Waals surface area contributed by atoms with Crippen molar-refractivity contribution in [2.75, 3.05) is 0 Å². The maximum Gasteiger partial charge on any atom is 0.174 e. The molecule has 2 aromatic heterocycles. The van der Waals surface area contributed by atoms with Gasteiger partial charge in [-0.3, -0.25) is 14.2 Å². The number of fused-ring (bicyclic) bond motifs is 6. The Balaban J connectivity index is 1.66. The molecule has 6 rings (SSSR count). The zero-order chi connectivity index (χ0) is 20.5. The first-order valence-corrected chi connectivity index (χ1v) is 11.4. The van der Waals surface area contributed by atoms with E-state index in [4.69, 9.17) is 23.2 Å². The Bertz CT molecular complexity index is 1180. The quantitative estimate of drug-likeness (QED) is 0.365. The molecule has 0 N–H and O–H groups in total. The van der Waals surface area contributed by atoms with E-state index in [2.05, 4.69) is 9.97 Å². The van der Waals surface area contributed by atoms with Crippen LogP contribution in [0.5, 0.6) is 0 Å². The molecule has 6 heteroatoms. The molecule has 30 heavy (non-hydrogen) atoms. The molecule has 2 unspecified atom stereocenters. The van der Waals surface area contributed by atoms with E-state index in [1.807, 2.05) is 72.8 Å². The van der Waals surface area contributed by atoms with Gasteiger partial charge in [0.25, 0.3) is 0 Å². The second-order valence-electron chi connectivity index (χ2n) is 7.35. The molecule has 0 radical (unpaired) electrons. The van der Waals surface area contributed by atoms with Crippen molar-refractivity contribution < 1.29 is 4.21 Å². The van der Waals surface area contributed by atoms with Gasteiger partial charge < -0.3 is 0 Å². The average Bonchev–Trinajstić information content (AvgIpc) is 3.23. The monoisotopic (exact) mass is 448 g/mol. The number of halogens is 2. The van der Waals surface area contributed by atoms with E-state index in [9.17, 15) is 4.21 Å². The van der Waals surface area contributed by atoms with Crippen molar-refractivity contribution in [2.24, 2.45) is 0 Å². The molecule has 2 heterocycles. The fourth-order valence-corrected chi connectivity index (χ4v) is 7.90. The Labute approximate surface area is 186 Å². The van der Waals surface area contributed by atoms with Gasteiger partial charge in [0.2, 0.25) is 0 Å². The van der Waals surface area contributed by atoms with E-state index in [1.165, 1.54) is 0 Å². The minimum Gasteiger partial charge on any atom is -0.256 e. The molecule has 0 bridgehead atoms. The van der Waals surface area contributed by atoms with Gasteiger partial charge in [-0.05, 0) is 23.3 Å². The number of pyridine rings is 2. The van der Waals surface area contributed by atoms with Crippen molar-refractivity contribution in [2.45, 2.75) is 8.41 Å². The van der Waals surface area contributed by atoms with E-state index in [0.717, 1.165) is 33.6 Å². The highest BCUT2D eigenvalue weighted by Gasteiger charge is 2.58. The van der Waals surface area contributed by atoms with Crippen LogP contribution in [0.4, 0.5) is 0 Å². The summed E-state index contributed by atoms with van der Waals surface area (Å²) in [5.74, 6) is 0. The Kier molecular flexibility index (Phi) is 3.80. The van der Waals surface area contributed by atoms with Gasteiger partial charge in [0.15, 0.2) is 8.41 Å².